The van der Waals surface area contributed by atoms with E-state index in [1.807, 2.05) is 6.92 Å². The van der Waals surface area contributed by atoms with Gasteiger partial charge in [0, 0.05) is 12.7 Å². The third-order valence-electron chi connectivity index (χ3n) is 3.84. The van der Waals surface area contributed by atoms with Gasteiger partial charge in [0.25, 0.3) is 0 Å². The Balaban J connectivity index is 2.04. The monoisotopic (exact) mass is 374 g/mol. The number of benzene rings is 1. The van der Waals surface area contributed by atoms with Crippen LogP contribution in [0.3, 0.4) is 0 Å². The zero-order valence-corrected chi connectivity index (χ0v) is 14.1. The van der Waals surface area contributed by atoms with Crippen molar-refractivity contribution in [2.45, 2.75) is 44.2 Å². The average molecular weight is 376 g/mol. The number of imidazole rings is 1. The summed E-state index contributed by atoms with van der Waals surface area (Å²) in [5.74, 6) is 0.452. The Kier molecular flexibility index (Phi) is 4.52. The molecule has 0 saturated carbocycles. The van der Waals surface area contributed by atoms with Gasteiger partial charge in [-0.05, 0) is 48.2 Å². The molecule has 2 aromatic rings. The van der Waals surface area contributed by atoms with E-state index in [0.29, 0.717) is 16.5 Å². The van der Waals surface area contributed by atoms with Gasteiger partial charge in [-0.25, -0.2) is 9.37 Å². The lowest BCUT2D eigenvalue weighted by molar-refractivity contribution is 0.00618. The normalized spacial score (nSPS) is 20.9. The SMILES string of the molecule is CC(Cl)c1nc2cc(F)c(Br)cc2n1CC1CCCCO1. The molecule has 0 bridgehead atoms. The van der Waals surface area contributed by atoms with Gasteiger partial charge in [-0.1, -0.05) is 0 Å². The first-order valence-electron chi connectivity index (χ1n) is 7.17. The summed E-state index contributed by atoms with van der Waals surface area (Å²) in [5, 5.41) is -0.233. The van der Waals surface area contributed by atoms with E-state index in [9.17, 15) is 4.39 Å². The van der Waals surface area contributed by atoms with Crippen LogP contribution in [-0.4, -0.2) is 22.3 Å². The van der Waals surface area contributed by atoms with Crippen molar-refractivity contribution < 1.29 is 9.13 Å². The zero-order chi connectivity index (χ0) is 15.0. The van der Waals surface area contributed by atoms with Crippen LogP contribution in [0.2, 0.25) is 0 Å². The van der Waals surface area contributed by atoms with Gasteiger partial charge >= 0.3 is 0 Å². The minimum atomic E-state index is -0.310. The second-order valence-corrected chi connectivity index (χ2v) is 6.95. The molecule has 1 aliphatic heterocycles. The van der Waals surface area contributed by atoms with Crippen LogP contribution in [0.15, 0.2) is 16.6 Å². The maximum atomic E-state index is 13.7. The summed E-state index contributed by atoms with van der Waals surface area (Å²) in [4.78, 5) is 4.49. The summed E-state index contributed by atoms with van der Waals surface area (Å²) in [7, 11) is 0. The molecule has 0 aliphatic carbocycles. The number of nitrogens with zero attached hydrogens (tertiary/aromatic N) is 2. The van der Waals surface area contributed by atoms with Crippen LogP contribution in [0.4, 0.5) is 4.39 Å². The van der Waals surface area contributed by atoms with Gasteiger partial charge < -0.3 is 9.30 Å². The first-order chi connectivity index (χ1) is 10.1. The summed E-state index contributed by atoms with van der Waals surface area (Å²) < 4.78 is 22.0. The average Bonchev–Trinajstić information content (AvgIpc) is 2.79. The van der Waals surface area contributed by atoms with Crippen LogP contribution in [0.25, 0.3) is 11.0 Å². The Morgan fingerprint density at radius 2 is 2.33 bits per heavy atom. The third kappa shape index (κ3) is 3.10. The maximum Gasteiger partial charge on any atom is 0.139 e. The van der Waals surface area contributed by atoms with Crippen molar-refractivity contribution in [1.29, 1.82) is 0 Å². The van der Waals surface area contributed by atoms with E-state index in [1.165, 1.54) is 12.5 Å². The zero-order valence-electron chi connectivity index (χ0n) is 11.8. The Morgan fingerprint density at radius 1 is 1.52 bits per heavy atom. The summed E-state index contributed by atoms with van der Waals surface area (Å²) in [6.07, 6.45) is 3.52. The van der Waals surface area contributed by atoms with Gasteiger partial charge in [0.2, 0.25) is 0 Å². The fourth-order valence-electron chi connectivity index (χ4n) is 2.79. The van der Waals surface area contributed by atoms with E-state index in [-0.39, 0.29) is 17.3 Å². The lowest BCUT2D eigenvalue weighted by atomic mass is 10.1. The molecular formula is C15H17BrClFN2O. The van der Waals surface area contributed by atoms with Crippen molar-refractivity contribution in [3.8, 4) is 0 Å². The number of alkyl halides is 1. The number of halogens is 3. The van der Waals surface area contributed by atoms with E-state index in [2.05, 4.69) is 25.5 Å². The topological polar surface area (TPSA) is 27.1 Å². The van der Waals surface area contributed by atoms with Crippen LogP contribution >= 0.6 is 27.5 Å². The van der Waals surface area contributed by atoms with Gasteiger partial charge in [0.15, 0.2) is 0 Å². The minimum Gasteiger partial charge on any atom is -0.376 e. The van der Waals surface area contributed by atoms with E-state index >= 15 is 0 Å². The van der Waals surface area contributed by atoms with Crippen LogP contribution in [0.5, 0.6) is 0 Å². The highest BCUT2D eigenvalue weighted by Gasteiger charge is 2.21. The molecule has 3 rings (SSSR count). The standard InChI is InChI=1S/C15H17BrClFN2O/c1-9(17)15-19-13-7-12(18)11(16)6-14(13)20(15)8-10-4-2-3-5-21-10/h6-7,9-10H,2-5,8H2,1H3. The number of hydrogen-bond donors (Lipinski definition) is 0. The van der Waals surface area contributed by atoms with E-state index in [4.69, 9.17) is 16.3 Å². The molecule has 1 aromatic carbocycles. The van der Waals surface area contributed by atoms with Crippen molar-refractivity contribution in [2.24, 2.45) is 0 Å². The van der Waals surface area contributed by atoms with Crippen molar-refractivity contribution in [1.82, 2.24) is 9.55 Å². The predicted molar refractivity (Wildman–Crippen MR) is 85.3 cm³/mol. The van der Waals surface area contributed by atoms with Crippen molar-refractivity contribution in [3.05, 3.63) is 28.2 Å². The van der Waals surface area contributed by atoms with Gasteiger partial charge in [0.1, 0.15) is 11.6 Å². The fraction of sp³-hybridized carbons (Fsp3) is 0.533. The number of hydrogen-bond acceptors (Lipinski definition) is 2. The number of rotatable bonds is 3. The highest BCUT2D eigenvalue weighted by atomic mass is 79.9. The molecule has 114 valence electrons. The molecule has 0 N–H and O–H groups in total. The van der Waals surface area contributed by atoms with E-state index < -0.39 is 0 Å². The van der Waals surface area contributed by atoms with Crippen LogP contribution in [-0.2, 0) is 11.3 Å². The molecule has 6 heteroatoms. The predicted octanol–water partition coefficient (Wildman–Crippen LogP) is 4.81. The largest absolute Gasteiger partial charge is 0.376 e. The van der Waals surface area contributed by atoms with Crippen LogP contribution in [0, 0.1) is 5.82 Å². The second kappa shape index (κ2) is 6.23. The first kappa shape index (κ1) is 15.3. The first-order valence-corrected chi connectivity index (χ1v) is 8.40. The molecule has 1 aromatic heterocycles. The molecule has 2 heterocycles. The van der Waals surface area contributed by atoms with Crippen molar-refractivity contribution >= 4 is 38.6 Å². The summed E-state index contributed by atoms with van der Waals surface area (Å²) in [6, 6.07) is 3.21. The summed E-state index contributed by atoms with van der Waals surface area (Å²) in [5.41, 5.74) is 1.52. The molecule has 0 spiro atoms. The van der Waals surface area contributed by atoms with Gasteiger partial charge in [-0.2, -0.15) is 0 Å². The van der Waals surface area contributed by atoms with Gasteiger partial charge in [-0.15, -0.1) is 11.6 Å². The summed E-state index contributed by atoms with van der Waals surface area (Å²) >= 11 is 9.49. The molecule has 2 unspecified atom stereocenters. The third-order valence-corrected chi connectivity index (χ3v) is 4.64. The Hall–Kier alpha value is -0.650. The number of fused-ring (bicyclic) bond motifs is 1. The minimum absolute atomic E-state index is 0.175. The number of ether oxygens (including phenoxy) is 1. The molecule has 21 heavy (non-hydrogen) atoms. The Labute approximate surface area is 136 Å². The number of aromatic nitrogens is 2. The van der Waals surface area contributed by atoms with Crippen molar-refractivity contribution in [2.75, 3.05) is 6.61 Å². The fourth-order valence-corrected chi connectivity index (χ4v) is 3.29. The van der Waals surface area contributed by atoms with Crippen molar-refractivity contribution in [3.63, 3.8) is 0 Å². The lowest BCUT2D eigenvalue weighted by Gasteiger charge is -2.24. The van der Waals surface area contributed by atoms with Gasteiger partial charge in [-0.3, -0.25) is 0 Å². The van der Waals surface area contributed by atoms with E-state index in [1.54, 1.807) is 6.07 Å². The molecule has 1 aliphatic rings. The molecular weight excluding hydrogens is 359 g/mol. The Bertz CT molecular complexity index is 653. The van der Waals surface area contributed by atoms with Crippen LogP contribution in [0.1, 0.15) is 37.4 Å². The maximum absolute atomic E-state index is 13.7. The lowest BCUT2D eigenvalue weighted by Crippen LogP contribution is -2.25. The highest BCUT2D eigenvalue weighted by Crippen LogP contribution is 2.29. The quantitative estimate of drug-likeness (QED) is 0.720. The molecule has 1 saturated heterocycles. The molecule has 3 nitrogen and oxygen atoms in total. The highest BCUT2D eigenvalue weighted by molar-refractivity contribution is 9.10. The Morgan fingerprint density at radius 3 is 3.00 bits per heavy atom. The summed E-state index contributed by atoms with van der Waals surface area (Å²) in [6.45, 7) is 3.40. The van der Waals surface area contributed by atoms with E-state index in [0.717, 1.165) is 30.8 Å². The molecule has 0 amide bonds. The van der Waals surface area contributed by atoms with Crippen LogP contribution < -0.4 is 0 Å². The van der Waals surface area contributed by atoms with Gasteiger partial charge in [0.05, 0.1) is 33.5 Å². The molecule has 1 fully saturated rings. The molecule has 0 radical (unpaired) electrons. The second-order valence-electron chi connectivity index (χ2n) is 5.44. The smallest absolute Gasteiger partial charge is 0.139 e. The molecule has 2 atom stereocenters.